The fraction of sp³-hybridized carbons (Fsp3) is 0.647. The van der Waals surface area contributed by atoms with Gasteiger partial charge in [-0.05, 0) is 49.9 Å². The minimum Gasteiger partial charge on any atom is -0.496 e. The largest absolute Gasteiger partial charge is 0.496 e. The highest BCUT2D eigenvalue weighted by Gasteiger charge is 2.29. The van der Waals surface area contributed by atoms with E-state index in [9.17, 15) is 0 Å². The third-order valence-corrected chi connectivity index (χ3v) is 4.93. The number of benzene rings is 1. The van der Waals surface area contributed by atoms with Crippen molar-refractivity contribution in [3.05, 3.63) is 28.8 Å². The highest BCUT2D eigenvalue weighted by atomic mass is 35.5. The van der Waals surface area contributed by atoms with Crippen LogP contribution in [0.5, 0.6) is 5.75 Å². The van der Waals surface area contributed by atoms with Crippen LogP contribution in [0.4, 0.5) is 0 Å². The summed E-state index contributed by atoms with van der Waals surface area (Å²) in [6.45, 7) is 7.39. The highest BCUT2D eigenvalue weighted by Crippen LogP contribution is 2.38. The van der Waals surface area contributed by atoms with E-state index in [2.05, 4.69) is 18.7 Å². The predicted molar refractivity (Wildman–Crippen MR) is 89.0 cm³/mol. The van der Waals surface area contributed by atoms with E-state index in [1.165, 1.54) is 19.3 Å². The van der Waals surface area contributed by atoms with E-state index in [4.69, 9.17) is 22.1 Å². The lowest BCUT2D eigenvalue weighted by Gasteiger charge is -2.32. The maximum absolute atomic E-state index is 6.44. The third-order valence-electron chi connectivity index (χ3n) is 4.60. The van der Waals surface area contributed by atoms with Gasteiger partial charge in [-0.3, -0.25) is 4.90 Å². The van der Waals surface area contributed by atoms with Crippen molar-refractivity contribution in [1.82, 2.24) is 4.90 Å². The van der Waals surface area contributed by atoms with Gasteiger partial charge >= 0.3 is 0 Å². The van der Waals surface area contributed by atoms with Crippen molar-refractivity contribution >= 4 is 11.6 Å². The van der Waals surface area contributed by atoms with Gasteiger partial charge in [0.05, 0.1) is 13.2 Å². The molecule has 21 heavy (non-hydrogen) atoms. The maximum atomic E-state index is 6.44. The molecule has 1 aromatic carbocycles. The molecule has 1 unspecified atom stereocenters. The first-order valence-electron chi connectivity index (χ1n) is 7.75. The van der Waals surface area contributed by atoms with Gasteiger partial charge in [-0.1, -0.05) is 31.5 Å². The number of nitrogens with zero attached hydrogens (tertiary/aromatic N) is 1. The van der Waals surface area contributed by atoms with Crippen molar-refractivity contribution in [1.29, 1.82) is 0 Å². The summed E-state index contributed by atoms with van der Waals surface area (Å²) in [7, 11) is 1.69. The minimum atomic E-state index is 0.127. The summed E-state index contributed by atoms with van der Waals surface area (Å²) in [4.78, 5) is 2.47. The van der Waals surface area contributed by atoms with E-state index in [1.807, 2.05) is 18.2 Å². The molecule has 0 spiro atoms. The quantitative estimate of drug-likeness (QED) is 0.917. The number of halogens is 1. The molecule has 1 aliphatic rings. The first kappa shape index (κ1) is 16.6. The molecule has 1 aliphatic heterocycles. The van der Waals surface area contributed by atoms with Crippen LogP contribution in [0, 0.1) is 5.41 Å². The normalized spacial score (nSPS) is 20.8. The molecule has 1 saturated heterocycles. The molecule has 1 atom stereocenters. The van der Waals surface area contributed by atoms with Crippen molar-refractivity contribution in [3.8, 4) is 5.75 Å². The Hall–Kier alpha value is -0.770. The number of ether oxygens (including phenoxy) is 1. The molecule has 1 fully saturated rings. The molecule has 118 valence electrons. The topological polar surface area (TPSA) is 38.5 Å². The Balaban J connectivity index is 2.28. The lowest BCUT2D eigenvalue weighted by molar-refractivity contribution is 0.196. The second-order valence-corrected chi connectivity index (χ2v) is 7.07. The van der Waals surface area contributed by atoms with Crippen LogP contribution < -0.4 is 10.5 Å². The van der Waals surface area contributed by atoms with Crippen LogP contribution in [-0.4, -0.2) is 31.6 Å². The molecule has 1 heterocycles. The zero-order chi connectivity index (χ0) is 15.5. The standard InChI is InChI=1S/C17H27ClN2O/c1-17(2)8-5-10-20(11-9-17)14(12-19)16-13(18)6-4-7-15(16)21-3/h4,6-7,14H,5,8-12,19H2,1-3H3. The molecule has 1 aromatic rings. The van der Waals surface area contributed by atoms with Crippen LogP contribution in [0.2, 0.25) is 5.02 Å². The Kier molecular flexibility index (Phi) is 5.53. The second-order valence-electron chi connectivity index (χ2n) is 6.66. The van der Waals surface area contributed by atoms with Crippen LogP contribution in [0.25, 0.3) is 0 Å². The SMILES string of the molecule is COc1cccc(Cl)c1C(CN)N1CCCC(C)(C)CC1. The monoisotopic (exact) mass is 310 g/mol. The van der Waals surface area contributed by atoms with Crippen LogP contribution in [0.1, 0.15) is 44.7 Å². The van der Waals surface area contributed by atoms with E-state index in [0.717, 1.165) is 29.4 Å². The molecule has 0 amide bonds. The smallest absolute Gasteiger partial charge is 0.125 e. The number of hydrogen-bond acceptors (Lipinski definition) is 3. The number of methoxy groups -OCH3 is 1. The summed E-state index contributed by atoms with van der Waals surface area (Å²) in [6, 6.07) is 5.93. The molecule has 4 heteroatoms. The van der Waals surface area contributed by atoms with Crippen molar-refractivity contribution in [2.45, 2.75) is 39.2 Å². The van der Waals surface area contributed by atoms with Gasteiger partial charge in [0.25, 0.3) is 0 Å². The molecule has 0 bridgehead atoms. The number of rotatable bonds is 4. The van der Waals surface area contributed by atoms with E-state index in [1.54, 1.807) is 7.11 Å². The summed E-state index contributed by atoms with van der Waals surface area (Å²) in [5.41, 5.74) is 7.54. The Morgan fingerprint density at radius 2 is 2.10 bits per heavy atom. The number of hydrogen-bond donors (Lipinski definition) is 1. The summed E-state index contributed by atoms with van der Waals surface area (Å²) < 4.78 is 5.51. The van der Waals surface area contributed by atoms with E-state index in [-0.39, 0.29) is 6.04 Å². The van der Waals surface area contributed by atoms with Crippen LogP contribution in [-0.2, 0) is 0 Å². The molecule has 0 saturated carbocycles. The Bertz CT molecular complexity index is 476. The fourth-order valence-corrected chi connectivity index (χ4v) is 3.52. The lowest BCUT2D eigenvalue weighted by Crippen LogP contribution is -2.35. The molecular weight excluding hydrogens is 284 g/mol. The van der Waals surface area contributed by atoms with Crippen LogP contribution >= 0.6 is 11.6 Å². The Morgan fingerprint density at radius 3 is 2.76 bits per heavy atom. The van der Waals surface area contributed by atoms with Gasteiger partial charge in [0.2, 0.25) is 0 Å². The third kappa shape index (κ3) is 3.91. The van der Waals surface area contributed by atoms with Gasteiger partial charge in [0.1, 0.15) is 5.75 Å². The van der Waals surface area contributed by atoms with Gasteiger partial charge in [-0.15, -0.1) is 0 Å². The molecule has 2 rings (SSSR count). The lowest BCUT2D eigenvalue weighted by atomic mass is 9.85. The molecule has 3 nitrogen and oxygen atoms in total. The summed E-state index contributed by atoms with van der Waals surface area (Å²) in [5, 5.41) is 0.744. The minimum absolute atomic E-state index is 0.127. The van der Waals surface area contributed by atoms with Crippen LogP contribution in [0.3, 0.4) is 0 Å². The average molecular weight is 311 g/mol. The van der Waals surface area contributed by atoms with Gasteiger partial charge in [-0.2, -0.15) is 0 Å². The fourth-order valence-electron chi connectivity index (χ4n) is 3.22. The zero-order valence-corrected chi connectivity index (χ0v) is 14.1. The second kappa shape index (κ2) is 6.99. The van der Waals surface area contributed by atoms with Crippen molar-refractivity contribution in [2.24, 2.45) is 11.1 Å². The molecule has 0 aliphatic carbocycles. The molecule has 0 radical (unpaired) electrons. The first-order valence-corrected chi connectivity index (χ1v) is 8.13. The predicted octanol–water partition coefficient (Wildman–Crippen LogP) is 3.86. The van der Waals surface area contributed by atoms with Crippen molar-refractivity contribution in [3.63, 3.8) is 0 Å². The van der Waals surface area contributed by atoms with Crippen molar-refractivity contribution in [2.75, 3.05) is 26.7 Å². The van der Waals surface area contributed by atoms with E-state index in [0.29, 0.717) is 12.0 Å². The highest BCUT2D eigenvalue weighted by molar-refractivity contribution is 6.31. The molecule has 2 N–H and O–H groups in total. The van der Waals surface area contributed by atoms with Gasteiger partial charge in [-0.25, -0.2) is 0 Å². The number of nitrogens with two attached hydrogens (primary N) is 1. The Morgan fingerprint density at radius 1 is 1.33 bits per heavy atom. The van der Waals surface area contributed by atoms with Gasteiger partial charge < -0.3 is 10.5 Å². The maximum Gasteiger partial charge on any atom is 0.125 e. The van der Waals surface area contributed by atoms with Crippen LogP contribution in [0.15, 0.2) is 18.2 Å². The van der Waals surface area contributed by atoms with E-state index >= 15 is 0 Å². The van der Waals surface area contributed by atoms with Crippen molar-refractivity contribution < 1.29 is 4.74 Å². The van der Waals surface area contributed by atoms with Gasteiger partial charge in [0, 0.05) is 17.1 Å². The van der Waals surface area contributed by atoms with E-state index < -0.39 is 0 Å². The molecular formula is C17H27ClN2O. The Labute approximate surface area is 133 Å². The summed E-state index contributed by atoms with van der Waals surface area (Å²) in [6.07, 6.45) is 3.66. The van der Waals surface area contributed by atoms with Gasteiger partial charge in [0.15, 0.2) is 0 Å². The molecule has 0 aromatic heterocycles. The average Bonchev–Trinajstić information content (AvgIpc) is 2.63. The first-order chi connectivity index (χ1) is 9.98. The number of likely N-dealkylation sites (tertiary alicyclic amines) is 1. The zero-order valence-electron chi connectivity index (χ0n) is 13.4. The summed E-state index contributed by atoms with van der Waals surface area (Å²) in [5.74, 6) is 0.835. The summed E-state index contributed by atoms with van der Waals surface area (Å²) >= 11 is 6.44.